The van der Waals surface area contributed by atoms with Gasteiger partial charge in [0.25, 0.3) is 0 Å². The molecule has 0 aromatic carbocycles. The first-order chi connectivity index (χ1) is 6.06. The van der Waals surface area contributed by atoms with Crippen LogP contribution in [0, 0.1) is 4.91 Å². The third-order valence-electron chi connectivity index (χ3n) is 2.05. The minimum absolute atomic E-state index is 0.196. The van der Waals surface area contributed by atoms with Gasteiger partial charge in [-0.15, -0.1) is 4.91 Å². The van der Waals surface area contributed by atoms with Gasteiger partial charge in [-0.3, -0.25) is 5.01 Å². The molecule has 7 heteroatoms. The van der Waals surface area contributed by atoms with Crippen molar-refractivity contribution in [2.24, 2.45) is 5.29 Å². The number of hydrogen-bond donors (Lipinski definition) is 4. The van der Waals surface area contributed by atoms with E-state index in [1.54, 1.807) is 0 Å². The SMILES string of the molecule is O=NN1CC(O)C(O)C(O)C(O)C1. The van der Waals surface area contributed by atoms with Crippen LogP contribution in [-0.2, 0) is 0 Å². The Morgan fingerprint density at radius 2 is 1.38 bits per heavy atom. The smallest absolute Gasteiger partial charge is 0.110 e. The largest absolute Gasteiger partial charge is 0.388 e. The first kappa shape index (κ1) is 10.3. The Labute approximate surface area is 74.2 Å². The summed E-state index contributed by atoms with van der Waals surface area (Å²) < 4.78 is 0. The highest BCUT2D eigenvalue weighted by Gasteiger charge is 2.36. The summed E-state index contributed by atoms with van der Waals surface area (Å²) in [5.41, 5.74) is 0. The first-order valence-electron chi connectivity index (χ1n) is 3.86. The van der Waals surface area contributed by atoms with Gasteiger partial charge in [0.15, 0.2) is 0 Å². The van der Waals surface area contributed by atoms with Gasteiger partial charge in [-0.1, -0.05) is 0 Å². The van der Waals surface area contributed by atoms with Gasteiger partial charge in [-0.2, -0.15) is 0 Å². The molecule has 0 radical (unpaired) electrons. The van der Waals surface area contributed by atoms with Crippen molar-refractivity contribution >= 4 is 0 Å². The number of nitrogens with zero attached hydrogens (tertiary/aromatic N) is 2. The summed E-state index contributed by atoms with van der Waals surface area (Å²) in [6.45, 7) is -0.391. The molecule has 1 aliphatic heterocycles. The van der Waals surface area contributed by atoms with Crippen molar-refractivity contribution in [3.8, 4) is 0 Å². The number of β-amino-alcohol motifs (C(OH)–C–C–N with tert-alkyl or cyclic N) is 2. The lowest BCUT2D eigenvalue weighted by atomic mass is 10.1. The molecule has 0 bridgehead atoms. The van der Waals surface area contributed by atoms with Gasteiger partial charge >= 0.3 is 0 Å². The Morgan fingerprint density at radius 3 is 1.69 bits per heavy atom. The highest BCUT2D eigenvalue weighted by atomic mass is 16.4. The van der Waals surface area contributed by atoms with Gasteiger partial charge in [-0.25, -0.2) is 0 Å². The molecule has 0 spiro atoms. The molecule has 0 aromatic heterocycles. The molecule has 13 heavy (non-hydrogen) atoms. The van der Waals surface area contributed by atoms with E-state index in [1.807, 2.05) is 0 Å². The van der Waals surface area contributed by atoms with E-state index in [1.165, 1.54) is 0 Å². The summed E-state index contributed by atoms with van der Waals surface area (Å²) in [7, 11) is 0. The normalized spacial score (nSPS) is 41.4. The number of aliphatic hydroxyl groups is 4. The fraction of sp³-hybridized carbons (Fsp3) is 1.00. The standard InChI is InChI=1S/C6H12N2O5/c9-3-1-8(7-13)2-4(10)6(12)5(3)11/h3-6,9-12H,1-2H2. The lowest BCUT2D eigenvalue weighted by Gasteiger charge is -2.20. The van der Waals surface area contributed by atoms with Gasteiger partial charge in [0.1, 0.15) is 24.4 Å². The highest BCUT2D eigenvalue weighted by molar-refractivity contribution is 4.87. The molecule has 4 atom stereocenters. The predicted octanol–water partition coefficient (Wildman–Crippen LogP) is -2.57. The quantitative estimate of drug-likeness (QED) is 0.339. The lowest BCUT2D eigenvalue weighted by molar-refractivity contribution is -0.0894. The maximum atomic E-state index is 10.1. The monoisotopic (exact) mass is 192 g/mol. The molecule has 76 valence electrons. The van der Waals surface area contributed by atoms with Crippen molar-refractivity contribution in [1.82, 2.24) is 5.01 Å². The van der Waals surface area contributed by atoms with E-state index in [4.69, 9.17) is 0 Å². The van der Waals surface area contributed by atoms with E-state index in [2.05, 4.69) is 5.29 Å². The van der Waals surface area contributed by atoms with Gasteiger partial charge in [0, 0.05) is 0 Å². The van der Waals surface area contributed by atoms with Crippen molar-refractivity contribution in [1.29, 1.82) is 0 Å². The van der Waals surface area contributed by atoms with Crippen LogP contribution in [0.15, 0.2) is 5.29 Å². The molecule has 0 amide bonds. The van der Waals surface area contributed by atoms with E-state index < -0.39 is 24.4 Å². The van der Waals surface area contributed by atoms with E-state index in [0.29, 0.717) is 0 Å². The third-order valence-corrected chi connectivity index (χ3v) is 2.05. The van der Waals surface area contributed by atoms with Crippen LogP contribution in [0.2, 0.25) is 0 Å². The Morgan fingerprint density at radius 1 is 1.00 bits per heavy atom. The van der Waals surface area contributed by atoms with Gasteiger partial charge in [-0.05, 0) is 0 Å². The predicted molar refractivity (Wildman–Crippen MR) is 41.4 cm³/mol. The molecule has 1 fully saturated rings. The fourth-order valence-electron chi connectivity index (χ4n) is 1.24. The van der Waals surface area contributed by atoms with E-state index in [0.717, 1.165) is 5.01 Å². The molecule has 1 aliphatic rings. The van der Waals surface area contributed by atoms with Crippen LogP contribution in [0.3, 0.4) is 0 Å². The molecular weight excluding hydrogens is 180 g/mol. The average molecular weight is 192 g/mol. The zero-order valence-electron chi connectivity index (χ0n) is 6.82. The minimum Gasteiger partial charge on any atom is -0.388 e. The number of rotatable bonds is 1. The minimum atomic E-state index is -1.46. The van der Waals surface area contributed by atoms with Crippen molar-refractivity contribution in [3.05, 3.63) is 4.91 Å². The second-order valence-electron chi connectivity index (χ2n) is 3.07. The van der Waals surface area contributed by atoms with E-state index in [9.17, 15) is 25.3 Å². The summed E-state index contributed by atoms with van der Waals surface area (Å²) in [5.74, 6) is 0. The molecule has 4 N–H and O–H groups in total. The van der Waals surface area contributed by atoms with Crippen molar-refractivity contribution in [2.45, 2.75) is 24.4 Å². The van der Waals surface area contributed by atoms with Gasteiger partial charge < -0.3 is 20.4 Å². The molecule has 4 unspecified atom stereocenters. The van der Waals surface area contributed by atoms with Crippen molar-refractivity contribution in [3.63, 3.8) is 0 Å². The second-order valence-corrected chi connectivity index (χ2v) is 3.07. The zero-order chi connectivity index (χ0) is 10.0. The molecule has 1 rings (SSSR count). The van der Waals surface area contributed by atoms with E-state index in [-0.39, 0.29) is 13.1 Å². The second kappa shape index (κ2) is 3.97. The maximum absolute atomic E-state index is 10.1. The summed E-state index contributed by atoms with van der Waals surface area (Å²) in [6, 6.07) is 0. The Balaban J connectivity index is 2.72. The molecule has 0 aromatic rings. The summed E-state index contributed by atoms with van der Waals surface area (Å²) in [6.07, 6.45) is -5.49. The van der Waals surface area contributed by atoms with Crippen LogP contribution in [0.25, 0.3) is 0 Å². The number of hydrogen-bond acceptors (Lipinski definition) is 6. The Bertz CT molecular complexity index is 174. The average Bonchev–Trinajstić information content (AvgIpc) is 2.20. The molecule has 1 heterocycles. The highest BCUT2D eigenvalue weighted by Crippen LogP contribution is 2.13. The van der Waals surface area contributed by atoms with Crippen LogP contribution in [0.4, 0.5) is 0 Å². The summed E-state index contributed by atoms with van der Waals surface area (Å²) >= 11 is 0. The lowest BCUT2D eigenvalue weighted by Crippen LogP contribution is -2.43. The fourth-order valence-corrected chi connectivity index (χ4v) is 1.24. The number of aliphatic hydroxyl groups excluding tert-OH is 4. The van der Waals surface area contributed by atoms with Crippen molar-refractivity contribution < 1.29 is 20.4 Å². The molecule has 0 aliphatic carbocycles. The Kier molecular flexibility index (Phi) is 3.15. The third kappa shape index (κ3) is 2.13. The molecule has 0 saturated carbocycles. The van der Waals surface area contributed by atoms with Crippen molar-refractivity contribution in [2.75, 3.05) is 13.1 Å². The first-order valence-corrected chi connectivity index (χ1v) is 3.86. The molecular formula is C6H12N2O5. The van der Waals surface area contributed by atoms with Crippen LogP contribution in [0.5, 0.6) is 0 Å². The van der Waals surface area contributed by atoms with Crippen LogP contribution < -0.4 is 0 Å². The van der Waals surface area contributed by atoms with E-state index >= 15 is 0 Å². The van der Waals surface area contributed by atoms with Crippen LogP contribution >= 0.6 is 0 Å². The van der Waals surface area contributed by atoms with Gasteiger partial charge in [0.05, 0.1) is 18.4 Å². The molecule has 1 saturated heterocycles. The zero-order valence-corrected chi connectivity index (χ0v) is 6.82. The maximum Gasteiger partial charge on any atom is 0.110 e. The topological polar surface area (TPSA) is 114 Å². The molecule has 7 nitrogen and oxygen atoms in total. The van der Waals surface area contributed by atoms with Crippen LogP contribution in [-0.4, -0.2) is 62.9 Å². The Hall–Kier alpha value is -0.760. The van der Waals surface area contributed by atoms with Gasteiger partial charge in [0.2, 0.25) is 0 Å². The van der Waals surface area contributed by atoms with Crippen LogP contribution in [0.1, 0.15) is 0 Å². The number of nitroso groups, excluding NO2 is 1. The summed E-state index contributed by atoms with van der Waals surface area (Å²) in [4.78, 5) is 10.1. The summed E-state index contributed by atoms with van der Waals surface area (Å²) in [5, 5.41) is 40.1.